The fraction of sp³-hybridized carbons (Fsp3) is 0.635. The number of amides is 2. The summed E-state index contributed by atoms with van der Waals surface area (Å²) in [5.41, 5.74) is 3.87. The van der Waals surface area contributed by atoms with Crippen LogP contribution in [0.25, 0.3) is 0 Å². The Morgan fingerprint density at radius 1 is 0.662 bits per heavy atom. The Morgan fingerprint density at radius 2 is 1.12 bits per heavy atom. The molecule has 14 heteroatoms. The number of rotatable bonds is 3. The maximum Gasteiger partial charge on any atom is 0.318 e. The van der Waals surface area contributed by atoms with E-state index in [1.54, 1.807) is 19.5 Å². The van der Waals surface area contributed by atoms with Crippen LogP contribution < -0.4 is 26.0 Å². The van der Waals surface area contributed by atoms with Gasteiger partial charge in [0.2, 0.25) is 0 Å². The number of ketones is 1. The minimum Gasteiger partial charge on any atom is -0.497 e. The van der Waals surface area contributed by atoms with E-state index in [0.29, 0.717) is 23.2 Å². The predicted molar refractivity (Wildman–Crippen MR) is 328 cm³/mol. The molecule has 0 bridgehead atoms. The van der Waals surface area contributed by atoms with Gasteiger partial charge in [-0.15, -0.1) is 0 Å². The SMILES string of the molecule is C.C1CNC2NCCCN2C1.CC(C)(C)C.CC(C)(C)c1ncccn1.CC(C)C.CC(C)C.CC(C)C.CNC(=O)Nc1ccc([N+](=O)[O-])cc1.COc1ccccc1.O=C1CCCCC1.c1cnc2c(c1)CCCC2. The van der Waals surface area contributed by atoms with Crippen molar-refractivity contribution >= 4 is 23.2 Å². The number of carbonyl (C=O) groups excluding carboxylic acids is 2. The fourth-order valence-electron chi connectivity index (χ4n) is 6.32. The van der Waals surface area contributed by atoms with Gasteiger partial charge in [-0.3, -0.25) is 35.4 Å². The van der Waals surface area contributed by atoms with E-state index in [1.807, 2.05) is 48.7 Å². The summed E-state index contributed by atoms with van der Waals surface area (Å²) in [7, 11) is 3.15. The van der Waals surface area contributed by atoms with Crippen LogP contribution in [0.5, 0.6) is 5.75 Å². The Hall–Kier alpha value is -5.31. The molecule has 2 saturated heterocycles. The van der Waals surface area contributed by atoms with Crippen LogP contribution in [0.1, 0.15) is 193 Å². The van der Waals surface area contributed by atoms with Gasteiger partial charge in [-0.1, -0.05) is 149 Å². The average Bonchev–Trinajstić information content (AvgIpc) is 3.37. The Balaban J connectivity index is -0.000000810. The molecule has 438 valence electrons. The second kappa shape index (κ2) is 45.7. The number of non-ortho nitro benzene ring substituents is 1. The second-order valence-corrected chi connectivity index (χ2v) is 23.5. The van der Waals surface area contributed by atoms with Gasteiger partial charge in [-0.25, -0.2) is 14.8 Å². The van der Waals surface area contributed by atoms with Gasteiger partial charge in [0.05, 0.1) is 12.0 Å². The van der Waals surface area contributed by atoms with E-state index in [0.717, 1.165) is 55.0 Å². The van der Waals surface area contributed by atoms with Crippen LogP contribution in [0.4, 0.5) is 16.2 Å². The number of hydrogen-bond donors (Lipinski definition) is 4. The number of ether oxygens (including phenoxy) is 1. The Bertz CT molecular complexity index is 1930. The molecule has 8 rings (SSSR count). The number of pyridine rings is 1. The number of urea groups is 1. The number of nitrogens with one attached hydrogen (secondary N) is 4. The molecule has 2 aliphatic carbocycles. The summed E-state index contributed by atoms with van der Waals surface area (Å²) in [6.45, 7) is 39.4. The monoisotopic (exact) mass is 1070 g/mol. The summed E-state index contributed by atoms with van der Waals surface area (Å²) in [6, 6.07) is 21.0. The number of Topliss-reactive ketones (excluding diaryl/α,β-unsaturated/α-hetero) is 1. The first-order valence-electron chi connectivity index (χ1n) is 27.9. The van der Waals surface area contributed by atoms with Crippen molar-refractivity contribution in [3.63, 3.8) is 0 Å². The number of fused-ring (bicyclic) bond motifs is 2. The molecule has 2 amide bonds. The number of hydrogen-bond acceptors (Lipinski definition) is 11. The summed E-state index contributed by atoms with van der Waals surface area (Å²) >= 11 is 0. The largest absolute Gasteiger partial charge is 0.497 e. The third-order valence-electron chi connectivity index (χ3n) is 9.57. The molecule has 77 heavy (non-hydrogen) atoms. The van der Waals surface area contributed by atoms with Crippen molar-refractivity contribution in [1.82, 2.24) is 35.8 Å². The van der Waals surface area contributed by atoms with E-state index in [4.69, 9.17) is 4.74 Å². The Labute approximate surface area is 470 Å². The molecule has 4 aromatic rings. The first-order chi connectivity index (χ1) is 35.7. The summed E-state index contributed by atoms with van der Waals surface area (Å²) < 4.78 is 4.91. The number of aryl methyl sites for hydroxylation is 2. The van der Waals surface area contributed by atoms with Gasteiger partial charge in [0.15, 0.2) is 0 Å². The number of carbonyl (C=O) groups is 2. The van der Waals surface area contributed by atoms with Gasteiger partial charge in [0.1, 0.15) is 23.6 Å². The van der Waals surface area contributed by atoms with Crippen LogP contribution >= 0.6 is 0 Å². The number of nitrogens with zero attached hydrogens (tertiary/aromatic N) is 5. The molecule has 0 radical (unpaired) electrons. The molecular weight excluding hydrogens is 963 g/mol. The molecule has 3 fully saturated rings. The normalized spacial score (nSPS) is 14.3. The van der Waals surface area contributed by atoms with Crippen LogP contribution in [0.3, 0.4) is 0 Å². The molecule has 0 unspecified atom stereocenters. The number of nitro groups is 1. The summed E-state index contributed by atoms with van der Waals surface area (Å²) in [5, 5.41) is 22.0. The van der Waals surface area contributed by atoms with Gasteiger partial charge >= 0.3 is 6.03 Å². The first-order valence-corrected chi connectivity index (χ1v) is 27.9. The minimum absolute atomic E-state index is 0. The standard InChI is InChI=1S/C9H11N.C8H9N3O3.C8H12N2.C7H15N3.C7H8O.C6H10O.C5H12.3C4H10.CH4/c1-2-6-9-8(4-1)5-3-7-10-9;1-9-8(12)10-6-2-4-7(5-3-6)11(13)14;1-8(2,3)7-9-5-4-6-10-7;1-3-8-7-9-4-2-6-10(7)5-1;1-8-7-5-3-2-4-6-7;7-6-4-2-1-3-5-6;1-5(2,3)4;3*1-4(2)3;/h3,5,7H,1-2,4,6H2;2-5H,1H3,(H2,9,10,12);4-6H,1-3H3;7-9H,1-6H2;2-6H,1H3;1-5H2;1-4H3;3*4H,1-3H3;1H4. The highest BCUT2D eigenvalue weighted by Gasteiger charge is 2.23. The lowest BCUT2D eigenvalue weighted by Crippen LogP contribution is -2.62. The van der Waals surface area contributed by atoms with Crippen LogP contribution in [0, 0.1) is 33.3 Å². The lowest BCUT2D eigenvalue weighted by atomic mass is 9.96. The van der Waals surface area contributed by atoms with E-state index in [2.05, 4.69) is 158 Å². The smallest absolute Gasteiger partial charge is 0.318 e. The molecule has 2 aromatic heterocycles. The van der Waals surface area contributed by atoms with Crippen molar-refractivity contribution in [2.75, 3.05) is 45.7 Å². The van der Waals surface area contributed by atoms with Gasteiger partial charge in [0.25, 0.3) is 5.69 Å². The Morgan fingerprint density at radius 3 is 1.48 bits per heavy atom. The molecule has 0 spiro atoms. The molecule has 0 atom stereocenters. The molecule has 14 nitrogen and oxygen atoms in total. The predicted octanol–water partition coefficient (Wildman–Crippen LogP) is 15.5. The van der Waals surface area contributed by atoms with Crippen molar-refractivity contribution in [2.24, 2.45) is 23.2 Å². The number of anilines is 1. The van der Waals surface area contributed by atoms with Crippen molar-refractivity contribution in [3.05, 3.63) is 119 Å². The topological polar surface area (TPSA) is 177 Å². The quantitative estimate of drug-likeness (QED) is 0.113. The molecule has 2 aromatic carbocycles. The third-order valence-corrected chi connectivity index (χ3v) is 9.57. The van der Waals surface area contributed by atoms with Crippen LogP contribution in [-0.4, -0.2) is 83.2 Å². The summed E-state index contributed by atoms with van der Waals surface area (Å²) in [5.74, 6) is 4.77. The maximum absolute atomic E-state index is 10.8. The molecule has 1 saturated carbocycles. The third kappa shape index (κ3) is 48.8. The summed E-state index contributed by atoms with van der Waals surface area (Å²) in [4.78, 5) is 46.2. The van der Waals surface area contributed by atoms with Gasteiger partial charge in [-0.2, -0.15) is 0 Å². The van der Waals surface area contributed by atoms with Gasteiger partial charge in [-0.05, 0) is 130 Å². The highest BCUT2D eigenvalue weighted by molar-refractivity contribution is 5.89. The number of para-hydroxylation sites is 1. The van der Waals surface area contributed by atoms with E-state index in [1.165, 1.54) is 114 Å². The maximum atomic E-state index is 10.8. The number of benzene rings is 2. The molecule has 4 N–H and O–H groups in total. The molecular formula is C63H111N9O5. The zero-order valence-electron chi connectivity index (χ0n) is 50.9. The van der Waals surface area contributed by atoms with E-state index >= 15 is 0 Å². The highest BCUT2D eigenvalue weighted by Crippen LogP contribution is 2.19. The summed E-state index contributed by atoms with van der Waals surface area (Å²) in [6.07, 6.45) is 18.9. The van der Waals surface area contributed by atoms with Crippen LogP contribution in [0.2, 0.25) is 0 Å². The molecule has 4 aliphatic rings. The van der Waals surface area contributed by atoms with E-state index < -0.39 is 4.92 Å². The van der Waals surface area contributed by atoms with Gasteiger partial charge < -0.3 is 15.4 Å². The van der Waals surface area contributed by atoms with Crippen molar-refractivity contribution in [3.8, 4) is 5.75 Å². The minimum atomic E-state index is -0.496. The lowest BCUT2D eigenvalue weighted by molar-refractivity contribution is -0.384. The van der Waals surface area contributed by atoms with Crippen molar-refractivity contribution in [2.45, 2.75) is 201 Å². The van der Waals surface area contributed by atoms with Crippen molar-refractivity contribution < 1.29 is 19.2 Å². The molecule has 4 heterocycles. The van der Waals surface area contributed by atoms with E-state index in [9.17, 15) is 19.7 Å². The number of methoxy groups -OCH3 is 1. The zero-order valence-corrected chi connectivity index (χ0v) is 50.9. The Kier molecular flexibility index (Phi) is 45.0. The second-order valence-electron chi connectivity index (χ2n) is 23.5. The van der Waals surface area contributed by atoms with Crippen LogP contribution in [0.15, 0.2) is 91.4 Å². The first kappa shape index (κ1) is 75.9. The zero-order chi connectivity index (χ0) is 58.0. The van der Waals surface area contributed by atoms with Gasteiger partial charge in [0, 0.05) is 80.5 Å². The van der Waals surface area contributed by atoms with Crippen molar-refractivity contribution in [1.29, 1.82) is 0 Å². The average molecular weight is 1070 g/mol. The lowest BCUT2D eigenvalue weighted by Gasteiger charge is -2.40. The molecule has 2 aliphatic heterocycles. The van der Waals surface area contributed by atoms with Crippen LogP contribution in [-0.2, 0) is 23.1 Å². The van der Waals surface area contributed by atoms with E-state index in [-0.39, 0.29) is 24.6 Å². The number of nitro benzene ring substituents is 1. The number of aromatic nitrogens is 3. The fourth-order valence-corrected chi connectivity index (χ4v) is 6.32. The highest BCUT2D eigenvalue weighted by atomic mass is 16.6.